The van der Waals surface area contributed by atoms with Gasteiger partial charge in [0.2, 0.25) is 0 Å². The number of aromatic amines is 1. The first-order chi connectivity index (χ1) is 9.06. The Bertz CT molecular complexity index is 640. The predicted molar refractivity (Wildman–Crippen MR) is 72.6 cm³/mol. The molecule has 100 valence electrons. The van der Waals surface area contributed by atoms with E-state index in [9.17, 15) is 9.59 Å². The van der Waals surface area contributed by atoms with E-state index < -0.39 is 5.69 Å². The minimum atomic E-state index is -0.445. The summed E-state index contributed by atoms with van der Waals surface area (Å²) in [6, 6.07) is 8.23. The molecule has 0 spiro atoms. The smallest absolute Gasteiger partial charge is 0.329 e. The quantitative estimate of drug-likeness (QED) is 0.745. The molecule has 0 aliphatic carbocycles. The van der Waals surface area contributed by atoms with Crippen LogP contribution in [0.2, 0.25) is 0 Å². The number of aromatic hydroxyl groups is 1. The molecular formula is C13H15N3O3. The molecular weight excluding hydrogens is 246 g/mol. The van der Waals surface area contributed by atoms with Gasteiger partial charge in [-0.15, -0.1) is 0 Å². The average Bonchev–Trinajstić information content (AvgIpc) is 2.38. The topological polar surface area (TPSA) is 87.1 Å². The molecule has 19 heavy (non-hydrogen) atoms. The lowest BCUT2D eigenvalue weighted by molar-refractivity contribution is 0.475. The Balaban J connectivity index is 1.98. The van der Waals surface area contributed by atoms with Crippen LogP contribution in [-0.2, 0) is 13.5 Å². The number of H-pyrrole nitrogens is 1. The number of hydrogen-bond acceptors (Lipinski definition) is 4. The highest BCUT2D eigenvalue weighted by atomic mass is 16.3. The third-order valence-corrected chi connectivity index (χ3v) is 2.81. The number of phenols is 1. The van der Waals surface area contributed by atoms with Crippen molar-refractivity contribution in [3.8, 4) is 5.75 Å². The molecule has 3 N–H and O–H groups in total. The van der Waals surface area contributed by atoms with Crippen molar-refractivity contribution < 1.29 is 5.11 Å². The Morgan fingerprint density at radius 1 is 1.26 bits per heavy atom. The summed E-state index contributed by atoms with van der Waals surface area (Å²) in [6.45, 7) is 0.577. The second kappa shape index (κ2) is 5.43. The lowest BCUT2D eigenvalue weighted by Crippen LogP contribution is -2.32. The largest absolute Gasteiger partial charge is 0.508 e. The van der Waals surface area contributed by atoms with Crippen LogP contribution in [0.1, 0.15) is 5.56 Å². The zero-order valence-electron chi connectivity index (χ0n) is 10.5. The number of phenolic OH excluding ortho intramolecular Hbond substituents is 1. The molecule has 0 aliphatic rings. The van der Waals surface area contributed by atoms with E-state index in [2.05, 4.69) is 10.3 Å². The molecule has 0 amide bonds. The number of hydrogen-bond donors (Lipinski definition) is 3. The van der Waals surface area contributed by atoms with E-state index >= 15 is 0 Å². The zero-order chi connectivity index (χ0) is 13.8. The van der Waals surface area contributed by atoms with Crippen LogP contribution in [0, 0.1) is 0 Å². The highest BCUT2D eigenvalue weighted by Crippen LogP contribution is 2.10. The molecule has 2 rings (SSSR count). The third-order valence-electron chi connectivity index (χ3n) is 2.81. The molecule has 0 unspecified atom stereocenters. The maximum Gasteiger partial charge on any atom is 0.329 e. The van der Waals surface area contributed by atoms with Crippen LogP contribution in [0.15, 0.2) is 39.9 Å². The van der Waals surface area contributed by atoms with Crippen LogP contribution in [0.25, 0.3) is 0 Å². The van der Waals surface area contributed by atoms with Gasteiger partial charge in [-0.25, -0.2) is 4.79 Å². The van der Waals surface area contributed by atoms with Crippen LogP contribution < -0.4 is 16.6 Å². The van der Waals surface area contributed by atoms with Crippen LogP contribution >= 0.6 is 0 Å². The highest BCUT2D eigenvalue weighted by Gasteiger charge is 2.00. The Morgan fingerprint density at radius 2 is 1.95 bits per heavy atom. The van der Waals surface area contributed by atoms with E-state index in [0.717, 1.165) is 16.6 Å². The van der Waals surface area contributed by atoms with Gasteiger partial charge in [-0.05, 0) is 24.1 Å². The molecule has 0 saturated carbocycles. The van der Waals surface area contributed by atoms with Gasteiger partial charge in [-0.2, -0.15) is 0 Å². The Morgan fingerprint density at radius 3 is 2.58 bits per heavy atom. The molecule has 0 saturated heterocycles. The van der Waals surface area contributed by atoms with Crippen molar-refractivity contribution in [3.63, 3.8) is 0 Å². The number of rotatable bonds is 4. The van der Waals surface area contributed by atoms with E-state index in [4.69, 9.17) is 5.11 Å². The third kappa shape index (κ3) is 3.25. The van der Waals surface area contributed by atoms with Crippen molar-refractivity contribution in [2.24, 2.45) is 7.05 Å². The molecule has 1 heterocycles. The summed E-state index contributed by atoms with van der Waals surface area (Å²) in [5, 5.41) is 12.1. The van der Waals surface area contributed by atoms with Crippen molar-refractivity contribution in [2.75, 3.05) is 11.9 Å². The SMILES string of the molecule is Cn1c(=O)cc(NCCc2ccc(O)cc2)[nH]c1=O. The van der Waals surface area contributed by atoms with Gasteiger partial charge in [0.1, 0.15) is 11.6 Å². The molecule has 6 nitrogen and oxygen atoms in total. The normalized spacial score (nSPS) is 10.4. The van der Waals surface area contributed by atoms with E-state index in [1.807, 2.05) is 12.1 Å². The maximum atomic E-state index is 11.4. The molecule has 0 atom stereocenters. The van der Waals surface area contributed by atoms with Gasteiger partial charge >= 0.3 is 5.69 Å². The highest BCUT2D eigenvalue weighted by molar-refractivity contribution is 5.33. The minimum absolute atomic E-state index is 0.229. The summed E-state index contributed by atoms with van der Waals surface area (Å²) in [5.41, 5.74) is 0.256. The summed E-state index contributed by atoms with van der Waals surface area (Å²) in [5.74, 6) is 0.638. The lowest BCUT2D eigenvalue weighted by Gasteiger charge is -2.06. The van der Waals surface area contributed by atoms with Gasteiger partial charge in [0.15, 0.2) is 0 Å². The first-order valence-electron chi connectivity index (χ1n) is 5.88. The van der Waals surface area contributed by atoms with E-state index in [-0.39, 0.29) is 11.3 Å². The van der Waals surface area contributed by atoms with Crippen LogP contribution in [0.3, 0.4) is 0 Å². The molecule has 0 aliphatic heterocycles. The summed E-state index contributed by atoms with van der Waals surface area (Å²) >= 11 is 0. The van der Waals surface area contributed by atoms with Gasteiger partial charge < -0.3 is 10.4 Å². The lowest BCUT2D eigenvalue weighted by atomic mass is 10.1. The zero-order valence-corrected chi connectivity index (χ0v) is 10.5. The monoisotopic (exact) mass is 261 g/mol. The van der Waals surface area contributed by atoms with Gasteiger partial charge in [0.05, 0.1) is 0 Å². The fourth-order valence-electron chi connectivity index (χ4n) is 1.65. The summed E-state index contributed by atoms with van der Waals surface area (Å²) in [7, 11) is 1.42. The van der Waals surface area contributed by atoms with Crippen molar-refractivity contribution in [1.29, 1.82) is 0 Å². The van der Waals surface area contributed by atoms with Gasteiger partial charge in [-0.3, -0.25) is 14.3 Å². The van der Waals surface area contributed by atoms with Crippen molar-refractivity contribution in [1.82, 2.24) is 9.55 Å². The average molecular weight is 261 g/mol. The second-order valence-electron chi connectivity index (χ2n) is 4.23. The minimum Gasteiger partial charge on any atom is -0.508 e. The summed E-state index contributed by atoms with van der Waals surface area (Å²) in [6.07, 6.45) is 0.720. The molecule has 1 aromatic heterocycles. The molecule has 6 heteroatoms. The van der Waals surface area contributed by atoms with Gasteiger partial charge in [0.25, 0.3) is 5.56 Å². The predicted octanol–water partition coefficient (Wildman–Crippen LogP) is 0.434. The van der Waals surface area contributed by atoms with Crippen LogP contribution in [-0.4, -0.2) is 21.2 Å². The Kier molecular flexibility index (Phi) is 3.70. The number of anilines is 1. The van der Waals surface area contributed by atoms with E-state index in [1.54, 1.807) is 12.1 Å². The summed E-state index contributed by atoms with van der Waals surface area (Å²) < 4.78 is 1.01. The molecule has 0 fully saturated rings. The van der Waals surface area contributed by atoms with Crippen LogP contribution in [0.4, 0.5) is 5.82 Å². The number of nitrogens with zero attached hydrogens (tertiary/aromatic N) is 1. The van der Waals surface area contributed by atoms with Gasteiger partial charge in [-0.1, -0.05) is 12.1 Å². The number of aromatic nitrogens is 2. The molecule has 1 aromatic carbocycles. The number of nitrogens with one attached hydrogen (secondary N) is 2. The van der Waals surface area contributed by atoms with Gasteiger partial charge in [0, 0.05) is 19.7 Å². The maximum absolute atomic E-state index is 11.4. The molecule has 0 bridgehead atoms. The molecule has 2 aromatic rings. The fourth-order valence-corrected chi connectivity index (χ4v) is 1.65. The standard InChI is InChI=1S/C13H15N3O3/c1-16-12(18)8-11(15-13(16)19)14-7-6-9-2-4-10(17)5-3-9/h2-5,8,14,17H,6-7H2,1H3,(H,15,19). The van der Waals surface area contributed by atoms with Crippen LogP contribution in [0.5, 0.6) is 5.75 Å². The number of benzene rings is 1. The first-order valence-corrected chi connectivity index (χ1v) is 5.88. The summed E-state index contributed by atoms with van der Waals surface area (Å²) in [4.78, 5) is 25.3. The Labute approximate surface area is 109 Å². The second-order valence-corrected chi connectivity index (χ2v) is 4.23. The Hall–Kier alpha value is -2.50. The fraction of sp³-hybridized carbons (Fsp3) is 0.231. The van der Waals surface area contributed by atoms with Crippen molar-refractivity contribution in [2.45, 2.75) is 6.42 Å². The molecule has 0 radical (unpaired) electrons. The van der Waals surface area contributed by atoms with Crippen molar-refractivity contribution in [3.05, 3.63) is 56.7 Å². The van der Waals surface area contributed by atoms with Crippen molar-refractivity contribution >= 4 is 5.82 Å². The van der Waals surface area contributed by atoms with E-state index in [0.29, 0.717) is 12.4 Å². The first kappa shape index (κ1) is 12.9. The van der Waals surface area contributed by atoms with E-state index in [1.165, 1.54) is 13.1 Å².